The van der Waals surface area contributed by atoms with E-state index in [1.807, 2.05) is 0 Å². The molecule has 7 aromatic rings. The summed E-state index contributed by atoms with van der Waals surface area (Å²) in [5.74, 6) is 0. The molecule has 0 heterocycles. The molecule has 0 bridgehead atoms. The molecule has 2 heteroatoms. The molecule has 45 heavy (non-hydrogen) atoms. The minimum Gasteiger partial charge on any atom is -0.308 e. The fourth-order valence-corrected chi connectivity index (χ4v) is 7.27. The van der Waals surface area contributed by atoms with E-state index in [9.17, 15) is 0 Å². The van der Waals surface area contributed by atoms with Crippen LogP contribution in [-0.2, 0) is 5.41 Å². The lowest BCUT2D eigenvalue weighted by Gasteiger charge is -2.37. The number of rotatable bonds is 6. The normalized spacial score (nSPS) is 12.8. The number of hydrogen-bond acceptors (Lipinski definition) is 2. The van der Waals surface area contributed by atoms with Gasteiger partial charge in [-0.15, -0.1) is 0 Å². The Kier molecular flexibility index (Phi) is 6.50. The fourth-order valence-electron chi connectivity index (χ4n) is 7.27. The lowest BCUT2D eigenvalue weighted by atomic mass is 9.79. The molecule has 0 spiro atoms. The van der Waals surface area contributed by atoms with E-state index in [4.69, 9.17) is 0 Å². The van der Waals surface area contributed by atoms with Gasteiger partial charge in [0, 0.05) is 39.1 Å². The molecule has 1 aliphatic rings. The smallest absolute Gasteiger partial charge is 0.0791 e. The van der Waals surface area contributed by atoms with Crippen LogP contribution >= 0.6 is 0 Å². The van der Waals surface area contributed by atoms with Crippen LogP contribution in [0, 0.1) is 0 Å². The van der Waals surface area contributed by atoms with Gasteiger partial charge in [0.05, 0.1) is 11.4 Å². The molecular weight excluding hydrogens is 544 g/mol. The van der Waals surface area contributed by atoms with E-state index >= 15 is 0 Å². The molecule has 0 fully saturated rings. The zero-order chi connectivity index (χ0) is 30.4. The van der Waals surface area contributed by atoms with E-state index in [2.05, 4.69) is 194 Å². The number of para-hydroxylation sites is 4. The van der Waals surface area contributed by atoms with E-state index in [-0.39, 0.29) is 5.41 Å². The average molecular weight is 579 g/mol. The summed E-state index contributed by atoms with van der Waals surface area (Å²) in [7, 11) is 0. The summed E-state index contributed by atoms with van der Waals surface area (Å²) in [4.78, 5) is 4.92. The zero-order valence-corrected chi connectivity index (χ0v) is 25.6. The quantitative estimate of drug-likeness (QED) is 0.181. The predicted octanol–water partition coefficient (Wildman–Crippen LogP) is 12.1. The van der Waals surface area contributed by atoms with Crippen molar-refractivity contribution in [3.05, 3.63) is 181 Å². The largest absolute Gasteiger partial charge is 0.308 e. The van der Waals surface area contributed by atoms with Gasteiger partial charge in [0.15, 0.2) is 0 Å². The van der Waals surface area contributed by atoms with Gasteiger partial charge in [-0.2, -0.15) is 0 Å². The highest BCUT2D eigenvalue weighted by atomic mass is 15.2. The zero-order valence-electron chi connectivity index (χ0n) is 25.6. The van der Waals surface area contributed by atoms with Gasteiger partial charge in [-0.3, -0.25) is 0 Å². The number of fused-ring (bicyclic) bond motifs is 5. The van der Waals surface area contributed by atoms with Gasteiger partial charge < -0.3 is 9.80 Å². The average Bonchev–Trinajstić information content (AvgIpc) is 3.34. The maximum Gasteiger partial charge on any atom is 0.0791 e. The van der Waals surface area contributed by atoms with Crippen LogP contribution in [0.25, 0.3) is 21.9 Å². The third-order valence-corrected chi connectivity index (χ3v) is 9.16. The summed E-state index contributed by atoms with van der Waals surface area (Å²) in [6.07, 6.45) is 0. The molecule has 1 aliphatic carbocycles. The summed E-state index contributed by atoms with van der Waals surface area (Å²) in [6.45, 7) is 4.77. The molecule has 0 radical (unpaired) electrons. The first kappa shape index (κ1) is 27.0. The van der Waals surface area contributed by atoms with Crippen molar-refractivity contribution in [2.75, 3.05) is 9.80 Å². The van der Waals surface area contributed by atoms with Gasteiger partial charge in [0.2, 0.25) is 0 Å². The van der Waals surface area contributed by atoms with E-state index in [0.717, 1.165) is 28.4 Å². The minimum atomic E-state index is -0.192. The van der Waals surface area contributed by atoms with Crippen molar-refractivity contribution in [2.45, 2.75) is 19.3 Å². The van der Waals surface area contributed by atoms with Gasteiger partial charge >= 0.3 is 0 Å². The van der Waals surface area contributed by atoms with Crippen LogP contribution < -0.4 is 9.80 Å². The second-order valence-corrected chi connectivity index (χ2v) is 12.2. The predicted molar refractivity (Wildman–Crippen MR) is 191 cm³/mol. The molecule has 0 atom stereocenters. The number of hydrogen-bond donors (Lipinski definition) is 0. The molecule has 0 aromatic heterocycles. The van der Waals surface area contributed by atoms with Gasteiger partial charge in [-0.05, 0) is 70.6 Å². The van der Waals surface area contributed by atoms with Crippen molar-refractivity contribution in [1.82, 2.24) is 0 Å². The Labute approximate surface area is 265 Å². The maximum atomic E-state index is 2.47. The highest BCUT2D eigenvalue weighted by molar-refractivity contribution is 6.16. The van der Waals surface area contributed by atoms with Crippen LogP contribution in [0.5, 0.6) is 0 Å². The van der Waals surface area contributed by atoms with Crippen LogP contribution in [0.1, 0.15) is 25.0 Å². The highest BCUT2D eigenvalue weighted by Gasteiger charge is 2.42. The maximum absolute atomic E-state index is 2.47. The summed E-state index contributed by atoms with van der Waals surface area (Å²) >= 11 is 0. The monoisotopic (exact) mass is 578 g/mol. The van der Waals surface area contributed by atoms with Gasteiger partial charge in [-0.1, -0.05) is 135 Å². The molecule has 0 unspecified atom stereocenters. The van der Waals surface area contributed by atoms with Crippen molar-refractivity contribution < 1.29 is 0 Å². The Balaban J connectivity index is 1.62. The highest BCUT2D eigenvalue weighted by Crippen LogP contribution is 2.61. The number of nitrogens with zero attached hydrogens (tertiary/aromatic N) is 2. The van der Waals surface area contributed by atoms with E-state index in [1.54, 1.807) is 0 Å². The van der Waals surface area contributed by atoms with E-state index < -0.39 is 0 Å². The third kappa shape index (κ3) is 4.33. The molecule has 7 aromatic carbocycles. The molecule has 216 valence electrons. The fraction of sp³-hybridized carbons (Fsp3) is 0.0698. The minimum absolute atomic E-state index is 0.192. The van der Waals surface area contributed by atoms with E-state index in [0.29, 0.717) is 0 Å². The first-order valence-corrected chi connectivity index (χ1v) is 15.6. The molecule has 0 amide bonds. The van der Waals surface area contributed by atoms with Crippen LogP contribution in [0.3, 0.4) is 0 Å². The summed E-state index contributed by atoms with van der Waals surface area (Å²) < 4.78 is 0. The molecule has 0 saturated carbocycles. The van der Waals surface area contributed by atoms with E-state index in [1.165, 1.54) is 38.7 Å². The molecule has 0 aliphatic heterocycles. The van der Waals surface area contributed by atoms with Gasteiger partial charge in [-0.25, -0.2) is 0 Å². The molecule has 0 saturated heterocycles. The second kappa shape index (κ2) is 10.8. The Morgan fingerprint density at radius 2 is 0.756 bits per heavy atom. The summed E-state index contributed by atoms with van der Waals surface area (Å²) in [6, 6.07) is 61.2. The van der Waals surface area contributed by atoms with Crippen molar-refractivity contribution in [2.24, 2.45) is 0 Å². The third-order valence-electron chi connectivity index (χ3n) is 9.16. The molecule has 0 N–H and O–H groups in total. The Bertz CT molecular complexity index is 2040. The molecular formula is C43H34N2. The van der Waals surface area contributed by atoms with Crippen LogP contribution in [-0.4, -0.2) is 0 Å². The molecule has 2 nitrogen and oxygen atoms in total. The number of benzene rings is 7. The first-order valence-electron chi connectivity index (χ1n) is 15.6. The van der Waals surface area contributed by atoms with Crippen LogP contribution in [0.2, 0.25) is 0 Å². The topological polar surface area (TPSA) is 6.48 Å². The van der Waals surface area contributed by atoms with Crippen molar-refractivity contribution in [1.29, 1.82) is 0 Å². The summed E-state index contributed by atoms with van der Waals surface area (Å²) in [5, 5.41) is 2.50. The summed E-state index contributed by atoms with van der Waals surface area (Å²) in [5.41, 5.74) is 11.9. The second-order valence-electron chi connectivity index (χ2n) is 12.2. The van der Waals surface area contributed by atoms with Gasteiger partial charge in [0.25, 0.3) is 0 Å². The lowest BCUT2D eigenvalue weighted by Crippen LogP contribution is -2.20. The number of anilines is 6. The first-order chi connectivity index (χ1) is 22.1. The standard InChI is InChI=1S/C43H34N2/c1-43(2)38-30-18-17-29-37(38)39-40(43)35-27-15-16-28-36(35)41(44(31-19-7-3-8-20-31)32-21-9-4-10-22-32)42(39)45(33-23-11-5-12-24-33)34-25-13-6-14-26-34/h3-30H,1-2H3. The molecule has 8 rings (SSSR count). The van der Waals surface area contributed by atoms with Crippen LogP contribution in [0.15, 0.2) is 170 Å². The SMILES string of the molecule is CC1(C)c2ccccc2-c2c(N(c3ccccc3)c3ccccc3)c(N(c3ccccc3)c3ccccc3)c3ccccc3c21. The van der Waals surface area contributed by atoms with Crippen molar-refractivity contribution in [3.8, 4) is 11.1 Å². The lowest BCUT2D eigenvalue weighted by molar-refractivity contribution is 0.666. The Morgan fingerprint density at radius 1 is 0.378 bits per heavy atom. The van der Waals surface area contributed by atoms with Crippen molar-refractivity contribution >= 4 is 44.9 Å². The van der Waals surface area contributed by atoms with Crippen molar-refractivity contribution in [3.63, 3.8) is 0 Å². The van der Waals surface area contributed by atoms with Gasteiger partial charge in [0.1, 0.15) is 0 Å². The van der Waals surface area contributed by atoms with Crippen LogP contribution in [0.4, 0.5) is 34.1 Å². The Morgan fingerprint density at radius 3 is 1.24 bits per heavy atom. The Hall–Kier alpha value is -5.60.